The fourth-order valence-electron chi connectivity index (χ4n) is 3.41. The van der Waals surface area contributed by atoms with Gasteiger partial charge in [-0.05, 0) is 24.6 Å². The van der Waals surface area contributed by atoms with Crippen LogP contribution in [0.4, 0.5) is 28.4 Å². The second kappa shape index (κ2) is 14.5. The number of nitriles is 2. The summed E-state index contributed by atoms with van der Waals surface area (Å²) >= 11 is 0. The van der Waals surface area contributed by atoms with Crippen molar-refractivity contribution in [3.63, 3.8) is 0 Å². The molecule has 0 bridgehead atoms. The Hall–Kier alpha value is -5.17. The third kappa shape index (κ3) is 8.72. The zero-order valence-corrected chi connectivity index (χ0v) is 21.8. The molecule has 2 rings (SSSR count). The van der Waals surface area contributed by atoms with Gasteiger partial charge in [-0.3, -0.25) is 24.5 Å². The SMILES string of the molecule is CCCN(CCC(=O)OCC(=O)CC)c1ccc(N=Nc2c(C#N)cc([N+](=O)[O-])cc2C#N)c(NC(C)=O)c1. The summed E-state index contributed by atoms with van der Waals surface area (Å²) in [6, 6.07) is 10.5. The molecule has 0 aliphatic heterocycles. The van der Waals surface area contributed by atoms with E-state index >= 15 is 0 Å². The number of nitro groups is 1. The van der Waals surface area contributed by atoms with Gasteiger partial charge in [-0.15, -0.1) is 10.2 Å². The summed E-state index contributed by atoms with van der Waals surface area (Å²) in [4.78, 5) is 47.7. The molecule has 2 aromatic carbocycles. The first kappa shape index (κ1) is 30.1. The topological polar surface area (TPSA) is 191 Å². The molecule has 202 valence electrons. The molecule has 0 spiro atoms. The van der Waals surface area contributed by atoms with Gasteiger partial charge in [0.15, 0.2) is 5.78 Å². The molecule has 1 amide bonds. The van der Waals surface area contributed by atoms with Crippen molar-refractivity contribution in [2.45, 2.75) is 40.0 Å². The van der Waals surface area contributed by atoms with Crippen LogP contribution in [0.25, 0.3) is 0 Å². The summed E-state index contributed by atoms with van der Waals surface area (Å²) in [5.41, 5.74) is 0.169. The number of nitro benzene ring substituents is 1. The summed E-state index contributed by atoms with van der Waals surface area (Å²) < 4.78 is 5.00. The second-order valence-corrected chi connectivity index (χ2v) is 8.24. The van der Waals surface area contributed by atoms with E-state index in [4.69, 9.17) is 4.74 Å². The Morgan fingerprint density at radius 1 is 1.08 bits per heavy atom. The van der Waals surface area contributed by atoms with Gasteiger partial charge in [0.05, 0.1) is 28.2 Å². The van der Waals surface area contributed by atoms with Crippen molar-refractivity contribution in [2.75, 3.05) is 29.9 Å². The molecular weight excluding hydrogens is 506 g/mol. The van der Waals surface area contributed by atoms with E-state index in [0.29, 0.717) is 18.8 Å². The van der Waals surface area contributed by atoms with E-state index in [-0.39, 0.29) is 59.3 Å². The first-order chi connectivity index (χ1) is 18.6. The molecule has 0 radical (unpaired) electrons. The molecule has 2 aromatic rings. The number of benzene rings is 2. The number of carbonyl (C=O) groups is 3. The largest absolute Gasteiger partial charge is 0.458 e. The summed E-state index contributed by atoms with van der Waals surface area (Å²) in [5.74, 6) is -1.06. The van der Waals surface area contributed by atoms with Gasteiger partial charge in [-0.1, -0.05) is 13.8 Å². The van der Waals surface area contributed by atoms with Crippen molar-refractivity contribution in [1.82, 2.24) is 0 Å². The number of anilines is 2. The Labute approximate surface area is 224 Å². The minimum absolute atomic E-state index is 0.0436. The number of hydrogen-bond acceptors (Lipinski definition) is 11. The number of nitrogens with zero attached hydrogens (tertiary/aromatic N) is 6. The predicted octanol–water partition coefficient (Wildman–Crippen LogP) is 4.84. The van der Waals surface area contributed by atoms with Crippen LogP contribution in [0.1, 0.15) is 51.2 Å². The van der Waals surface area contributed by atoms with E-state index in [1.165, 1.54) is 6.92 Å². The Morgan fingerprint density at radius 2 is 1.74 bits per heavy atom. The van der Waals surface area contributed by atoms with Gasteiger partial charge >= 0.3 is 5.97 Å². The van der Waals surface area contributed by atoms with E-state index in [9.17, 15) is 35.0 Å². The van der Waals surface area contributed by atoms with Gasteiger partial charge in [0, 0.05) is 44.3 Å². The molecule has 0 fully saturated rings. The van der Waals surface area contributed by atoms with Crippen molar-refractivity contribution in [3.05, 3.63) is 51.6 Å². The van der Waals surface area contributed by atoms with Crippen LogP contribution in [0.2, 0.25) is 0 Å². The fourth-order valence-corrected chi connectivity index (χ4v) is 3.41. The lowest BCUT2D eigenvalue weighted by atomic mass is 10.1. The van der Waals surface area contributed by atoms with Crippen molar-refractivity contribution in [1.29, 1.82) is 10.5 Å². The highest BCUT2D eigenvalue weighted by molar-refractivity contribution is 5.93. The van der Waals surface area contributed by atoms with Gasteiger partial charge in [-0.25, -0.2) is 0 Å². The molecule has 0 heterocycles. The molecule has 0 aliphatic rings. The van der Waals surface area contributed by atoms with Crippen molar-refractivity contribution >= 4 is 46.1 Å². The predicted molar refractivity (Wildman–Crippen MR) is 141 cm³/mol. The van der Waals surface area contributed by atoms with Crippen LogP contribution in [-0.4, -0.2) is 42.3 Å². The minimum Gasteiger partial charge on any atom is -0.458 e. The monoisotopic (exact) mass is 533 g/mol. The lowest BCUT2D eigenvalue weighted by Gasteiger charge is -2.25. The standard InChI is InChI=1S/C26H27N7O6/c1-4-9-32(10-8-25(36)39-16-22(35)5-2)20-6-7-23(24(13-20)29-17(3)34)30-31-26-18(14-27)11-21(33(37)38)12-19(26)15-28/h6-7,11-13H,4-5,8-10,16H2,1-3H3,(H,29,34). The maximum Gasteiger partial charge on any atom is 0.308 e. The zero-order chi connectivity index (χ0) is 28.9. The fraction of sp³-hybridized carbons (Fsp3) is 0.346. The molecule has 13 heteroatoms. The smallest absolute Gasteiger partial charge is 0.308 e. The number of non-ortho nitro benzene ring substituents is 1. The molecule has 39 heavy (non-hydrogen) atoms. The van der Waals surface area contributed by atoms with Crippen LogP contribution in [-0.2, 0) is 19.1 Å². The molecular formula is C26H27N7O6. The molecule has 13 nitrogen and oxygen atoms in total. The van der Waals surface area contributed by atoms with Gasteiger partial charge < -0.3 is 15.0 Å². The number of esters is 1. The van der Waals surface area contributed by atoms with Gasteiger partial charge in [-0.2, -0.15) is 10.5 Å². The number of azo groups is 1. The second-order valence-electron chi connectivity index (χ2n) is 8.24. The third-order valence-corrected chi connectivity index (χ3v) is 5.33. The molecule has 0 saturated heterocycles. The summed E-state index contributed by atoms with van der Waals surface area (Å²) in [6.07, 6.45) is 1.08. The summed E-state index contributed by atoms with van der Waals surface area (Å²) in [5, 5.41) is 40.7. The highest BCUT2D eigenvalue weighted by Crippen LogP contribution is 2.34. The van der Waals surface area contributed by atoms with Crippen LogP contribution in [0.3, 0.4) is 0 Å². The molecule has 0 saturated carbocycles. The maximum atomic E-state index is 12.1. The number of amides is 1. The van der Waals surface area contributed by atoms with Crippen molar-refractivity contribution in [2.24, 2.45) is 10.2 Å². The average Bonchev–Trinajstić information content (AvgIpc) is 2.92. The Bertz CT molecular complexity index is 1340. The molecule has 0 aliphatic carbocycles. The molecule has 0 unspecified atom stereocenters. The lowest BCUT2D eigenvalue weighted by molar-refractivity contribution is -0.384. The van der Waals surface area contributed by atoms with E-state index in [1.807, 2.05) is 11.8 Å². The molecule has 0 aromatic heterocycles. The van der Waals surface area contributed by atoms with Gasteiger partial charge in [0.2, 0.25) is 5.91 Å². The van der Waals surface area contributed by atoms with Crippen LogP contribution < -0.4 is 10.2 Å². The minimum atomic E-state index is -0.720. The number of nitrogens with one attached hydrogen (secondary N) is 1. The van der Waals surface area contributed by atoms with E-state index in [1.54, 1.807) is 37.3 Å². The number of ketones is 1. The zero-order valence-electron chi connectivity index (χ0n) is 21.8. The normalized spacial score (nSPS) is 10.4. The lowest BCUT2D eigenvalue weighted by Crippen LogP contribution is -2.28. The number of ether oxygens (including phenoxy) is 1. The van der Waals surface area contributed by atoms with Crippen molar-refractivity contribution in [3.8, 4) is 12.1 Å². The van der Waals surface area contributed by atoms with Crippen LogP contribution in [0.15, 0.2) is 40.6 Å². The summed E-state index contributed by atoms with van der Waals surface area (Å²) in [6.45, 7) is 5.58. The first-order valence-electron chi connectivity index (χ1n) is 12.0. The Kier molecular flexibility index (Phi) is 11.2. The highest BCUT2D eigenvalue weighted by atomic mass is 16.6. The number of carbonyl (C=O) groups excluding carboxylic acids is 3. The Balaban J connectivity index is 2.39. The highest BCUT2D eigenvalue weighted by Gasteiger charge is 2.18. The Morgan fingerprint density at radius 3 is 2.28 bits per heavy atom. The quantitative estimate of drug-likeness (QED) is 0.162. The van der Waals surface area contributed by atoms with E-state index < -0.39 is 16.6 Å². The van der Waals surface area contributed by atoms with Crippen molar-refractivity contribution < 1.29 is 24.0 Å². The van der Waals surface area contributed by atoms with Gasteiger partial charge in [0.1, 0.15) is 30.1 Å². The van der Waals surface area contributed by atoms with Crippen LogP contribution in [0, 0.1) is 32.8 Å². The average molecular weight is 534 g/mol. The maximum absolute atomic E-state index is 12.1. The van der Waals surface area contributed by atoms with E-state index in [2.05, 4.69) is 15.5 Å². The number of Topliss-reactive ketones (excluding diaryl/α,β-unsaturated/α-hetero) is 1. The number of rotatable bonds is 13. The van der Waals surface area contributed by atoms with Crippen LogP contribution >= 0.6 is 0 Å². The number of hydrogen-bond donors (Lipinski definition) is 1. The molecule has 0 atom stereocenters. The van der Waals surface area contributed by atoms with E-state index in [0.717, 1.165) is 18.6 Å². The first-order valence-corrected chi connectivity index (χ1v) is 12.0. The third-order valence-electron chi connectivity index (χ3n) is 5.33. The molecule has 1 N–H and O–H groups in total. The van der Waals surface area contributed by atoms with Gasteiger partial charge in [0.25, 0.3) is 5.69 Å². The summed E-state index contributed by atoms with van der Waals surface area (Å²) in [7, 11) is 0. The van der Waals surface area contributed by atoms with Crippen LogP contribution in [0.5, 0.6) is 0 Å².